The summed E-state index contributed by atoms with van der Waals surface area (Å²) in [6.45, 7) is 0.576. The van der Waals surface area contributed by atoms with E-state index < -0.39 is 5.97 Å². The van der Waals surface area contributed by atoms with Gasteiger partial charge in [0.25, 0.3) is 0 Å². The first-order chi connectivity index (χ1) is 13.2. The van der Waals surface area contributed by atoms with E-state index in [0.29, 0.717) is 6.61 Å². The van der Waals surface area contributed by atoms with Crippen molar-refractivity contribution in [2.24, 2.45) is 0 Å². The highest BCUT2D eigenvalue weighted by molar-refractivity contribution is 5.90. The Balaban J connectivity index is 1.70. The summed E-state index contributed by atoms with van der Waals surface area (Å²) in [4.78, 5) is 14.4. The van der Waals surface area contributed by atoms with Crippen molar-refractivity contribution in [3.05, 3.63) is 83.9 Å². The highest BCUT2D eigenvalue weighted by Gasteiger charge is 2.08. The minimum absolute atomic E-state index is 0.283. The molecule has 4 nitrogen and oxygen atoms in total. The maximum Gasteiger partial charge on any atom is 0.335 e. The predicted octanol–water partition coefficient (Wildman–Crippen LogP) is 5.35. The van der Waals surface area contributed by atoms with Crippen LogP contribution in [0, 0.1) is 0 Å². The van der Waals surface area contributed by atoms with E-state index in [9.17, 15) is 4.79 Å². The molecule has 27 heavy (non-hydrogen) atoms. The van der Waals surface area contributed by atoms with Gasteiger partial charge < -0.3 is 14.8 Å². The molecule has 4 heteroatoms. The predicted molar refractivity (Wildman–Crippen MR) is 107 cm³/mol. The second kappa shape index (κ2) is 7.09. The minimum atomic E-state index is -0.920. The van der Waals surface area contributed by atoms with E-state index in [1.54, 1.807) is 19.2 Å². The molecule has 4 aromatic rings. The van der Waals surface area contributed by atoms with Gasteiger partial charge >= 0.3 is 5.97 Å². The quantitative estimate of drug-likeness (QED) is 0.506. The molecule has 0 aliphatic rings. The number of rotatable bonds is 5. The van der Waals surface area contributed by atoms with Crippen molar-refractivity contribution >= 4 is 16.7 Å². The van der Waals surface area contributed by atoms with Gasteiger partial charge in [-0.3, -0.25) is 0 Å². The smallest absolute Gasteiger partial charge is 0.335 e. The molecule has 0 spiro atoms. The van der Waals surface area contributed by atoms with Crippen LogP contribution in [0.3, 0.4) is 0 Å². The summed E-state index contributed by atoms with van der Waals surface area (Å²) in [7, 11) is 1.70. The van der Waals surface area contributed by atoms with Crippen LogP contribution in [0.2, 0.25) is 0 Å². The molecule has 0 radical (unpaired) electrons. The lowest BCUT2D eigenvalue weighted by atomic mass is 10.0. The van der Waals surface area contributed by atoms with Crippen molar-refractivity contribution in [3.8, 4) is 22.5 Å². The molecule has 0 atom stereocenters. The fourth-order valence-electron chi connectivity index (χ4n) is 3.31. The van der Waals surface area contributed by atoms with Crippen LogP contribution in [0.4, 0.5) is 0 Å². The van der Waals surface area contributed by atoms with Crippen LogP contribution >= 0.6 is 0 Å². The van der Waals surface area contributed by atoms with Crippen LogP contribution in [0.15, 0.2) is 72.8 Å². The summed E-state index contributed by atoms with van der Waals surface area (Å²) in [5, 5.41) is 11.4. The molecule has 0 amide bonds. The first kappa shape index (κ1) is 17.1. The first-order valence-corrected chi connectivity index (χ1v) is 8.69. The third-order valence-electron chi connectivity index (χ3n) is 4.71. The summed E-state index contributed by atoms with van der Waals surface area (Å²) >= 11 is 0. The zero-order valence-corrected chi connectivity index (χ0v) is 14.9. The number of carboxylic acid groups (broad SMARTS) is 1. The molecule has 2 N–H and O–H groups in total. The normalized spacial score (nSPS) is 11.0. The van der Waals surface area contributed by atoms with Crippen molar-refractivity contribution in [3.63, 3.8) is 0 Å². The number of nitrogens with one attached hydrogen (secondary N) is 1. The van der Waals surface area contributed by atoms with Crippen LogP contribution < -0.4 is 0 Å². The molecule has 0 aliphatic carbocycles. The van der Waals surface area contributed by atoms with Gasteiger partial charge in [0.2, 0.25) is 0 Å². The van der Waals surface area contributed by atoms with Crippen molar-refractivity contribution < 1.29 is 14.6 Å². The van der Waals surface area contributed by atoms with Crippen molar-refractivity contribution in [2.45, 2.75) is 6.61 Å². The number of benzene rings is 3. The number of carboxylic acids is 1. The van der Waals surface area contributed by atoms with Crippen LogP contribution in [0.1, 0.15) is 15.9 Å². The lowest BCUT2D eigenvalue weighted by molar-refractivity contribution is 0.0697. The van der Waals surface area contributed by atoms with Gasteiger partial charge in [0.05, 0.1) is 12.2 Å². The lowest BCUT2D eigenvalue weighted by Gasteiger charge is -2.08. The molecule has 0 aliphatic heterocycles. The van der Waals surface area contributed by atoms with Gasteiger partial charge in [-0.15, -0.1) is 0 Å². The maximum absolute atomic E-state index is 11.0. The molecular formula is C23H19NO3. The van der Waals surface area contributed by atoms with Crippen LogP contribution in [-0.4, -0.2) is 23.2 Å². The Hall–Kier alpha value is -3.37. The Bertz CT molecular complexity index is 1110. The van der Waals surface area contributed by atoms with Crippen LogP contribution in [0.25, 0.3) is 33.3 Å². The zero-order valence-electron chi connectivity index (χ0n) is 14.9. The number of carbonyl (C=O) groups is 1. The molecule has 134 valence electrons. The van der Waals surface area contributed by atoms with Crippen molar-refractivity contribution in [1.29, 1.82) is 0 Å². The Kier molecular flexibility index (Phi) is 4.48. The molecule has 0 fully saturated rings. The van der Waals surface area contributed by atoms with E-state index in [1.165, 1.54) is 10.8 Å². The molecule has 3 aromatic carbocycles. The average Bonchev–Trinajstić information content (AvgIpc) is 3.18. The molecule has 0 saturated carbocycles. The number of methoxy groups -OCH3 is 1. The molecule has 4 rings (SSSR count). The van der Waals surface area contributed by atoms with Crippen LogP contribution in [-0.2, 0) is 11.3 Å². The van der Waals surface area contributed by atoms with Crippen molar-refractivity contribution in [2.75, 3.05) is 7.11 Å². The highest BCUT2D eigenvalue weighted by Crippen LogP contribution is 2.29. The number of ether oxygens (including phenoxy) is 1. The Morgan fingerprint density at radius 2 is 1.63 bits per heavy atom. The summed E-state index contributed by atoms with van der Waals surface area (Å²) < 4.78 is 5.32. The van der Waals surface area contributed by atoms with E-state index >= 15 is 0 Å². The average molecular weight is 357 g/mol. The lowest BCUT2D eigenvalue weighted by Crippen LogP contribution is -1.94. The first-order valence-electron chi connectivity index (χ1n) is 8.69. The van der Waals surface area contributed by atoms with Gasteiger partial charge in [-0.25, -0.2) is 4.79 Å². The molecule has 0 saturated heterocycles. The second-order valence-electron chi connectivity index (χ2n) is 6.45. The van der Waals surface area contributed by atoms with Gasteiger partial charge in [0.15, 0.2) is 0 Å². The third-order valence-corrected chi connectivity index (χ3v) is 4.71. The van der Waals surface area contributed by atoms with Gasteiger partial charge in [0, 0.05) is 18.5 Å². The van der Waals surface area contributed by atoms with E-state index in [1.807, 2.05) is 30.3 Å². The number of H-pyrrole nitrogens is 1. The standard InChI is InChI=1S/C23H19NO3/c1-27-14-19-4-2-3-15-5-10-18(13-20(15)19)22-12-11-21(24-22)16-6-8-17(9-7-16)23(25)26/h2-13,24H,14H2,1H3,(H,25,26). The fraction of sp³-hybridized carbons (Fsp3) is 0.0870. The summed E-state index contributed by atoms with van der Waals surface area (Å²) in [6.07, 6.45) is 0. The van der Waals surface area contributed by atoms with E-state index in [2.05, 4.69) is 35.3 Å². The number of hydrogen-bond donors (Lipinski definition) is 2. The Morgan fingerprint density at radius 1 is 0.926 bits per heavy atom. The van der Waals surface area contributed by atoms with E-state index in [0.717, 1.165) is 28.1 Å². The number of fused-ring (bicyclic) bond motifs is 1. The van der Waals surface area contributed by atoms with Gasteiger partial charge in [-0.05, 0) is 57.8 Å². The molecular weight excluding hydrogens is 338 g/mol. The largest absolute Gasteiger partial charge is 0.478 e. The number of aromatic carboxylic acids is 1. The Morgan fingerprint density at radius 3 is 2.33 bits per heavy atom. The molecule has 1 heterocycles. The van der Waals surface area contributed by atoms with E-state index in [4.69, 9.17) is 9.84 Å². The van der Waals surface area contributed by atoms with Crippen LogP contribution in [0.5, 0.6) is 0 Å². The summed E-state index contributed by atoms with van der Waals surface area (Å²) in [5.41, 5.74) is 5.46. The molecule has 0 unspecified atom stereocenters. The molecule has 0 bridgehead atoms. The fourth-order valence-corrected chi connectivity index (χ4v) is 3.31. The van der Waals surface area contributed by atoms with Gasteiger partial charge in [-0.2, -0.15) is 0 Å². The number of aromatic nitrogens is 1. The van der Waals surface area contributed by atoms with Crippen molar-refractivity contribution in [1.82, 2.24) is 4.98 Å². The second-order valence-corrected chi connectivity index (χ2v) is 6.45. The monoisotopic (exact) mass is 357 g/mol. The summed E-state index contributed by atoms with van der Waals surface area (Å²) in [5.74, 6) is -0.920. The van der Waals surface area contributed by atoms with E-state index in [-0.39, 0.29) is 5.56 Å². The van der Waals surface area contributed by atoms with Gasteiger partial charge in [0.1, 0.15) is 0 Å². The Labute approximate surface area is 157 Å². The zero-order chi connectivity index (χ0) is 18.8. The topological polar surface area (TPSA) is 62.3 Å². The summed E-state index contributed by atoms with van der Waals surface area (Å²) in [6, 6.07) is 23.5. The maximum atomic E-state index is 11.0. The minimum Gasteiger partial charge on any atom is -0.478 e. The SMILES string of the molecule is COCc1cccc2ccc(-c3ccc(-c4ccc(C(=O)O)cc4)[nH]3)cc12. The number of hydrogen-bond acceptors (Lipinski definition) is 2. The highest BCUT2D eigenvalue weighted by atomic mass is 16.5. The number of aromatic amines is 1. The van der Waals surface area contributed by atoms with Gasteiger partial charge in [-0.1, -0.05) is 42.5 Å². The molecule has 1 aromatic heterocycles. The third kappa shape index (κ3) is 3.35.